The van der Waals surface area contributed by atoms with Crippen molar-refractivity contribution in [1.82, 2.24) is 0 Å². The molecule has 0 heterocycles. The molecule has 0 fully saturated rings. The summed E-state index contributed by atoms with van der Waals surface area (Å²) in [5, 5.41) is 0.0946. The maximum atomic E-state index is 11.2. The van der Waals surface area contributed by atoms with E-state index in [0.29, 0.717) is 18.8 Å². The number of rotatable bonds is 5. The quantitative estimate of drug-likeness (QED) is 0.441. The molecule has 0 aromatic heterocycles. The first kappa shape index (κ1) is 14.0. The topological polar surface area (TPSA) is 43.4 Å². The molecular weight excluding hydrogens is 268 g/mol. The Morgan fingerprint density at radius 2 is 2.00 bits per heavy atom. The van der Waals surface area contributed by atoms with E-state index in [2.05, 4.69) is 15.9 Å². The molecule has 0 rings (SSSR count). The highest BCUT2D eigenvalue weighted by atomic mass is 79.9. The van der Waals surface area contributed by atoms with Crippen LogP contribution in [-0.2, 0) is 14.3 Å². The smallest absolute Gasteiger partial charge is 0.322 e. The first-order valence-electron chi connectivity index (χ1n) is 4.33. The minimum absolute atomic E-state index is 0.0946. The Bertz CT molecular complexity index is 211. The Morgan fingerprint density at radius 1 is 1.43 bits per heavy atom. The number of alkyl halides is 1. The lowest BCUT2D eigenvalue weighted by molar-refractivity contribution is -0.145. The molecule has 0 radical (unpaired) electrons. The van der Waals surface area contributed by atoms with E-state index < -0.39 is 4.32 Å². The molecule has 0 aliphatic rings. The molecule has 0 spiro atoms. The Hall–Kier alpha value is -0.0300. The van der Waals surface area contributed by atoms with E-state index in [-0.39, 0.29) is 11.1 Å². The van der Waals surface area contributed by atoms with E-state index in [1.807, 2.05) is 0 Å². The summed E-state index contributed by atoms with van der Waals surface area (Å²) in [6.07, 6.45) is 0.707. The number of hydrogen-bond donors (Lipinski definition) is 0. The third-order valence-electron chi connectivity index (χ3n) is 1.31. The van der Waals surface area contributed by atoms with Crippen LogP contribution < -0.4 is 0 Å². The maximum absolute atomic E-state index is 11.2. The Morgan fingerprint density at radius 3 is 2.43 bits per heavy atom. The monoisotopic (exact) mass is 282 g/mol. The summed E-state index contributed by atoms with van der Waals surface area (Å²) in [4.78, 5) is 21.8. The number of carbonyl (C=O) groups is 2. The number of halogens is 1. The van der Waals surface area contributed by atoms with Crippen LogP contribution in [-0.4, -0.2) is 27.8 Å². The standard InChI is InChI=1S/C9H15BrO3S/c1-7(11)14-6-4-5-13-8(12)9(2,3)10/h4-6H2,1-3H3. The number of ether oxygens (including phenoxy) is 1. The second-order valence-corrected chi connectivity index (χ2v) is 6.56. The van der Waals surface area contributed by atoms with Crippen molar-refractivity contribution in [1.29, 1.82) is 0 Å². The van der Waals surface area contributed by atoms with E-state index >= 15 is 0 Å². The zero-order chi connectivity index (χ0) is 11.2. The predicted molar refractivity (Wildman–Crippen MR) is 61.7 cm³/mol. The zero-order valence-corrected chi connectivity index (χ0v) is 11.0. The van der Waals surface area contributed by atoms with E-state index in [1.165, 1.54) is 18.7 Å². The van der Waals surface area contributed by atoms with E-state index in [4.69, 9.17) is 4.74 Å². The molecule has 0 amide bonds. The summed E-state index contributed by atoms with van der Waals surface area (Å²) in [5.41, 5.74) is 0. The summed E-state index contributed by atoms with van der Waals surface area (Å²) in [6, 6.07) is 0. The summed E-state index contributed by atoms with van der Waals surface area (Å²) >= 11 is 4.45. The third kappa shape index (κ3) is 7.38. The van der Waals surface area contributed by atoms with Gasteiger partial charge in [0.15, 0.2) is 5.12 Å². The Kier molecular flexibility index (Phi) is 6.44. The fourth-order valence-corrected chi connectivity index (χ4v) is 1.28. The highest BCUT2D eigenvalue weighted by Gasteiger charge is 2.24. The minimum Gasteiger partial charge on any atom is -0.465 e. The van der Waals surface area contributed by atoms with Crippen molar-refractivity contribution in [3.8, 4) is 0 Å². The van der Waals surface area contributed by atoms with Gasteiger partial charge in [0, 0.05) is 12.7 Å². The van der Waals surface area contributed by atoms with Crippen LogP contribution in [0.4, 0.5) is 0 Å². The molecule has 5 heteroatoms. The average Bonchev–Trinajstić information content (AvgIpc) is 2.01. The van der Waals surface area contributed by atoms with Gasteiger partial charge in [-0.15, -0.1) is 0 Å². The van der Waals surface area contributed by atoms with Crippen molar-refractivity contribution in [2.75, 3.05) is 12.4 Å². The van der Waals surface area contributed by atoms with E-state index in [1.54, 1.807) is 13.8 Å². The van der Waals surface area contributed by atoms with Crippen molar-refractivity contribution in [3.05, 3.63) is 0 Å². The molecule has 0 aromatic rings. The van der Waals surface area contributed by atoms with Crippen molar-refractivity contribution < 1.29 is 14.3 Å². The van der Waals surface area contributed by atoms with Crippen molar-refractivity contribution >= 4 is 38.8 Å². The fraction of sp³-hybridized carbons (Fsp3) is 0.778. The molecule has 0 aromatic carbocycles. The van der Waals surface area contributed by atoms with Crippen LogP contribution in [0.25, 0.3) is 0 Å². The molecule has 0 bridgehead atoms. The van der Waals surface area contributed by atoms with Crippen molar-refractivity contribution in [2.45, 2.75) is 31.5 Å². The molecule has 0 saturated heterocycles. The van der Waals surface area contributed by atoms with Crippen molar-refractivity contribution in [3.63, 3.8) is 0 Å². The van der Waals surface area contributed by atoms with Gasteiger partial charge in [-0.1, -0.05) is 27.7 Å². The third-order valence-corrected chi connectivity index (χ3v) is 2.54. The van der Waals surface area contributed by atoms with Crippen LogP contribution in [0.15, 0.2) is 0 Å². The SMILES string of the molecule is CC(=O)SCCCOC(=O)C(C)(C)Br. The number of esters is 1. The fourth-order valence-electron chi connectivity index (χ4n) is 0.611. The summed E-state index contributed by atoms with van der Waals surface area (Å²) in [5.74, 6) is 0.427. The number of thioether (sulfide) groups is 1. The summed E-state index contributed by atoms with van der Waals surface area (Å²) in [7, 11) is 0. The number of hydrogen-bond acceptors (Lipinski definition) is 4. The van der Waals surface area contributed by atoms with Gasteiger partial charge in [0.25, 0.3) is 0 Å². The largest absolute Gasteiger partial charge is 0.465 e. The molecule has 0 saturated carbocycles. The lowest BCUT2D eigenvalue weighted by Gasteiger charge is -2.14. The molecule has 0 atom stereocenters. The van der Waals surface area contributed by atoms with Gasteiger partial charge in [-0.05, 0) is 20.3 Å². The van der Waals surface area contributed by atoms with Crippen LogP contribution in [0.1, 0.15) is 27.2 Å². The van der Waals surface area contributed by atoms with Crippen LogP contribution in [0, 0.1) is 0 Å². The molecule has 0 N–H and O–H groups in total. The normalized spacial score (nSPS) is 11.1. The molecule has 14 heavy (non-hydrogen) atoms. The Labute approximate surface area is 97.1 Å². The highest BCUT2D eigenvalue weighted by Crippen LogP contribution is 2.17. The predicted octanol–water partition coefficient (Wildman–Crippen LogP) is 2.37. The second kappa shape index (κ2) is 6.45. The lowest BCUT2D eigenvalue weighted by Crippen LogP contribution is -2.26. The van der Waals surface area contributed by atoms with E-state index in [9.17, 15) is 9.59 Å². The van der Waals surface area contributed by atoms with Crippen LogP contribution in [0.5, 0.6) is 0 Å². The summed E-state index contributed by atoms with van der Waals surface area (Å²) in [6.45, 7) is 5.37. The van der Waals surface area contributed by atoms with Gasteiger partial charge < -0.3 is 4.74 Å². The van der Waals surface area contributed by atoms with Gasteiger partial charge in [-0.3, -0.25) is 9.59 Å². The molecular formula is C9H15BrO3S. The van der Waals surface area contributed by atoms with Gasteiger partial charge in [0.05, 0.1) is 6.61 Å². The molecule has 0 aliphatic carbocycles. The zero-order valence-electron chi connectivity index (χ0n) is 8.63. The van der Waals surface area contributed by atoms with Crippen molar-refractivity contribution in [2.24, 2.45) is 0 Å². The lowest BCUT2D eigenvalue weighted by atomic mass is 10.2. The van der Waals surface area contributed by atoms with Gasteiger partial charge in [0.2, 0.25) is 0 Å². The minimum atomic E-state index is -0.624. The first-order valence-corrected chi connectivity index (χ1v) is 6.11. The molecule has 0 aliphatic heterocycles. The van der Waals surface area contributed by atoms with Crippen LogP contribution in [0.3, 0.4) is 0 Å². The van der Waals surface area contributed by atoms with Gasteiger partial charge in [-0.25, -0.2) is 0 Å². The van der Waals surface area contributed by atoms with Crippen LogP contribution in [0.2, 0.25) is 0 Å². The van der Waals surface area contributed by atoms with Crippen LogP contribution >= 0.6 is 27.7 Å². The molecule has 3 nitrogen and oxygen atoms in total. The maximum Gasteiger partial charge on any atom is 0.322 e. The molecule has 0 unspecified atom stereocenters. The van der Waals surface area contributed by atoms with E-state index in [0.717, 1.165) is 0 Å². The van der Waals surface area contributed by atoms with Gasteiger partial charge in [-0.2, -0.15) is 0 Å². The highest BCUT2D eigenvalue weighted by molar-refractivity contribution is 9.10. The van der Waals surface area contributed by atoms with Gasteiger partial charge in [0.1, 0.15) is 4.32 Å². The Balaban J connectivity index is 3.46. The molecule has 82 valence electrons. The first-order chi connectivity index (χ1) is 6.34. The second-order valence-electron chi connectivity index (χ2n) is 3.30. The number of carbonyl (C=O) groups excluding carboxylic acids is 2. The average molecular weight is 283 g/mol. The van der Waals surface area contributed by atoms with Gasteiger partial charge >= 0.3 is 5.97 Å². The summed E-state index contributed by atoms with van der Waals surface area (Å²) < 4.78 is 4.35.